The molecule has 80 valence electrons. The lowest BCUT2D eigenvalue weighted by molar-refractivity contribution is 0.550. The molecule has 6 heteroatoms. The first-order valence-electron chi connectivity index (χ1n) is 4.52. The van der Waals surface area contributed by atoms with Gasteiger partial charge in [-0.2, -0.15) is 5.10 Å². The van der Waals surface area contributed by atoms with Crippen LogP contribution in [0.4, 0.5) is 0 Å². The van der Waals surface area contributed by atoms with E-state index in [1.54, 1.807) is 12.1 Å². The maximum Gasteiger partial charge on any atom is 0.198 e. The molecule has 0 aliphatic heterocycles. The van der Waals surface area contributed by atoms with Crippen molar-refractivity contribution in [2.45, 2.75) is 19.9 Å². The van der Waals surface area contributed by atoms with E-state index in [1.165, 1.54) is 0 Å². The second kappa shape index (κ2) is 3.83. The van der Waals surface area contributed by atoms with Crippen LogP contribution in [0.1, 0.15) is 19.9 Å². The van der Waals surface area contributed by atoms with E-state index in [2.05, 4.69) is 10.2 Å². The van der Waals surface area contributed by atoms with Crippen molar-refractivity contribution in [3.05, 3.63) is 22.1 Å². The third-order valence-corrected chi connectivity index (χ3v) is 2.51. The second-order valence-electron chi connectivity index (χ2n) is 3.42. The molecule has 0 aliphatic rings. The molecule has 0 amide bonds. The van der Waals surface area contributed by atoms with Crippen molar-refractivity contribution < 1.29 is 4.42 Å². The van der Waals surface area contributed by atoms with E-state index in [0.29, 0.717) is 21.6 Å². The van der Waals surface area contributed by atoms with Crippen LogP contribution in [0.2, 0.25) is 5.22 Å². The van der Waals surface area contributed by atoms with E-state index >= 15 is 0 Å². The summed E-state index contributed by atoms with van der Waals surface area (Å²) in [6, 6.07) is 3.67. The number of hydrogen-bond donors (Lipinski definition) is 1. The van der Waals surface area contributed by atoms with E-state index < -0.39 is 0 Å². The molecular weight excluding hydrogens is 234 g/mol. The van der Waals surface area contributed by atoms with Crippen LogP contribution >= 0.6 is 23.8 Å². The van der Waals surface area contributed by atoms with Gasteiger partial charge >= 0.3 is 0 Å². The predicted molar refractivity (Wildman–Crippen MR) is 60.5 cm³/mol. The average molecular weight is 244 g/mol. The molecular formula is C9H10ClN3OS. The molecule has 2 aromatic rings. The predicted octanol–water partition coefficient (Wildman–Crippen LogP) is 3.43. The molecule has 0 aromatic carbocycles. The van der Waals surface area contributed by atoms with Crippen LogP contribution in [0, 0.1) is 4.77 Å². The highest BCUT2D eigenvalue weighted by Gasteiger charge is 2.14. The number of aromatic amines is 1. The maximum atomic E-state index is 5.71. The SMILES string of the molecule is CC(C)n1c(-c2ccc(Cl)o2)n[nH]c1=S. The zero-order valence-electron chi connectivity index (χ0n) is 8.32. The van der Waals surface area contributed by atoms with E-state index in [-0.39, 0.29) is 6.04 Å². The van der Waals surface area contributed by atoms with Gasteiger partial charge in [-0.25, -0.2) is 0 Å². The van der Waals surface area contributed by atoms with Crippen molar-refractivity contribution in [1.29, 1.82) is 0 Å². The number of halogens is 1. The van der Waals surface area contributed by atoms with Crippen LogP contribution in [-0.2, 0) is 0 Å². The molecule has 4 nitrogen and oxygen atoms in total. The van der Waals surface area contributed by atoms with Gasteiger partial charge in [0.25, 0.3) is 0 Å². The number of rotatable bonds is 2. The lowest BCUT2D eigenvalue weighted by atomic mass is 10.3. The fraction of sp³-hybridized carbons (Fsp3) is 0.333. The minimum absolute atomic E-state index is 0.218. The largest absolute Gasteiger partial charge is 0.441 e. The summed E-state index contributed by atoms with van der Waals surface area (Å²) in [6.45, 7) is 4.05. The molecule has 0 unspecified atom stereocenters. The van der Waals surface area contributed by atoms with Gasteiger partial charge in [-0.05, 0) is 49.8 Å². The molecule has 0 spiro atoms. The van der Waals surface area contributed by atoms with Gasteiger partial charge in [0.2, 0.25) is 0 Å². The molecule has 0 bridgehead atoms. The Morgan fingerprint density at radius 2 is 2.27 bits per heavy atom. The van der Waals surface area contributed by atoms with Crippen molar-refractivity contribution in [2.75, 3.05) is 0 Å². The molecule has 15 heavy (non-hydrogen) atoms. The van der Waals surface area contributed by atoms with Gasteiger partial charge in [0.1, 0.15) is 0 Å². The van der Waals surface area contributed by atoms with Gasteiger partial charge < -0.3 is 4.42 Å². The van der Waals surface area contributed by atoms with Crippen molar-refractivity contribution in [1.82, 2.24) is 14.8 Å². The summed E-state index contributed by atoms with van der Waals surface area (Å²) in [5.41, 5.74) is 0. The Labute approximate surface area is 96.9 Å². The van der Waals surface area contributed by atoms with Crippen molar-refractivity contribution in [3.63, 3.8) is 0 Å². The first-order chi connectivity index (χ1) is 7.09. The summed E-state index contributed by atoms with van der Waals surface area (Å²) in [6.07, 6.45) is 0. The van der Waals surface area contributed by atoms with Gasteiger partial charge in [0.15, 0.2) is 21.6 Å². The molecule has 0 radical (unpaired) electrons. The topological polar surface area (TPSA) is 46.8 Å². The molecule has 2 rings (SSSR count). The smallest absolute Gasteiger partial charge is 0.198 e. The van der Waals surface area contributed by atoms with Gasteiger partial charge in [-0.1, -0.05) is 0 Å². The van der Waals surface area contributed by atoms with Crippen LogP contribution in [0.25, 0.3) is 11.6 Å². The number of nitrogens with zero attached hydrogens (tertiary/aromatic N) is 2. The zero-order valence-corrected chi connectivity index (χ0v) is 9.89. The Balaban J connectivity index is 2.58. The Kier molecular flexibility index (Phi) is 2.67. The van der Waals surface area contributed by atoms with E-state index in [4.69, 9.17) is 28.2 Å². The summed E-state index contributed by atoms with van der Waals surface area (Å²) in [5.74, 6) is 1.28. The van der Waals surface area contributed by atoms with Crippen molar-refractivity contribution in [2.24, 2.45) is 0 Å². The van der Waals surface area contributed by atoms with Gasteiger partial charge in [-0.15, -0.1) is 0 Å². The van der Waals surface area contributed by atoms with Gasteiger partial charge in [0.05, 0.1) is 0 Å². The molecule has 0 saturated carbocycles. The monoisotopic (exact) mass is 243 g/mol. The van der Waals surface area contributed by atoms with E-state index in [0.717, 1.165) is 0 Å². The molecule has 2 heterocycles. The third-order valence-electron chi connectivity index (χ3n) is 2.01. The highest BCUT2D eigenvalue weighted by Crippen LogP contribution is 2.25. The molecule has 0 saturated heterocycles. The Morgan fingerprint density at radius 3 is 2.80 bits per heavy atom. The van der Waals surface area contributed by atoms with E-state index in [1.807, 2.05) is 18.4 Å². The molecule has 0 fully saturated rings. The van der Waals surface area contributed by atoms with Gasteiger partial charge in [-0.3, -0.25) is 9.67 Å². The lowest BCUT2D eigenvalue weighted by Gasteiger charge is -2.07. The summed E-state index contributed by atoms with van der Waals surface area (Å²) in [7, 11) is 0. The van der Waals surface area contributed by atoms with Crippen LogP contribution in [0.5, 0.6) is 0 Å². The number of hydrogen-bond acceptors (Lipinski definition) is 3. The normalized spacial score (nSPS) is 11.2. The summed E-state index contributed by atoms with van der Waals surface area (Å²) in [4.78, 5) is 0. The average Bonchev–Trinajstić information content (AvgIpc) is 2.71. The summed E-state index contributed by atoms with van der Waals surface area (Å²) >= 11 is 10.8. The molecule has 2 aromatic heterocycles. The third kappa shape index (κ3) is 1.85. The first kappa shape index (κ1) is 10.4. The number of nitrogens with one attached hydrogen (secondary N) is 1. The number of furan rings is 1. The van der Waals surface area contributed by atoms with Crippen LogP contribution < -0.4 is 0 Å². The highest BCUT2D eigenvalue weighted by molar-refractivity contribution is 7.71. The molecule has 1 N–H and O–H groups in total. The van der Waals surface area contributed by atoms with Crippen LogP contribution in [0.3, 0.4) is 0 Å². The van der Waals surface area contributed by atoms with Crippen molar-refractivity contribution >= 4 is 23.8 Å². The Bertz CT molecular complexity index is 525. The van der Waals surface area contributed by atoms with Gasteiger partial charge in [0, 0.05) is 6.04 Å². The standard InChI is InChI=1S/C9H10ClN3OS/c1-5(2)13-8(11-12-9(13)15)6-3-4-7(10)14-6/h3-5H,1-2H3,(H,12,15). The van der Waals surface area contributed by atoms with Crippen molar-refractivity contribution in [3.8, 4) is 11.6 Å². The fourth-order valence-corrected chi connectivity index (χ4v) is 1.88. The minimum Gasteiger partial charge on any atom is -0.441 e. The summed E-state index contributed by atoms with van der Waals surface area (Å²) in [5, 5.41) is 7.19. The fourth-order valence-electron chi connectivity index (χ4n) is 1.39. The van der Waals surface area contributed by atoms with E-state index in [9.17, 15) is 0 Å². The number of aromatic nitrogens is 3. The van der Waals surface area contributed by atoms with Crippen LogP contribution in [-0.4, -0.2) is 14.8 Å². The minimum atomic E-state index is 0.218. The molecule has 0 atom stereocenters. The Morgan fingerprint density at radius 1 is 1.53 bits per heavy atom. The zero-order chi connectivity index (χ0) is 11.0. The van der Waals surface area contributed by atoms with Crippen LogP contribution in [0.15, 0.2) is 16.5 Å². The Hall–Kier alpha value is -1.07. The molecule has 0 aliphatic carbocycles. The highest BCUT2D eigenvalue weighted by atomic mass is 35.5. The first-order valence-corrected chi connectivity index (χ1v) is 5.31. The quantitative estimate of drug-likeness (QED) is 0.822. The maximum absolute atomic E-state index is 5.71. The lowest BCUT2D eigenvalue weighted by Crippen LogP contribution is -2.02. The number of H-pyrrole nitrogens is 1. The second-order valence-corrected chi connectivity index (χ2v) is 4.18. The summed E-state index contributed by atoms with van der Waals surface area (Å²) < 4.78 is 7.75.